The summed E-state index contributed by atoms with van der Waals surface area (Å²) in [7, 11) is 0. The van der Waals surface area contributed by atoms with Crippen molar-refractivity contribution in [1.82, 2.24) is 0 Å². The Balaban J connectivity index is 2.37. The lowest BCUT2D eigenvalue weighted by Crippen LogP contribution is -2.12. The van der Waals surface area contributed by atoms with Crippen LogP contribution in [-0.4, -0.2) is 4.99 Å². The molecule has 0 bridgehead atoms. The fraction of sp³-hybridized carbons (Fsp3) is 0. The highest BCUT2D eigenvalue weighted by molar-refractivity contribution is 7.80. The number of hydrogen-bond donors (Lipinski definition) is 2. The van der Waals surface area contributed by atoms with Crippen molar-refractivity contribution >= 4 is 28.6 Å². The van der Waals surface area contributed by atoms with E-state index in [1.807, 2.05) is 0 Å². The minimum atomic E-state index is -0.428. The van der Waals surface area contributed by atoms with Crippen LogP contribution in [0.25, 0.3) is 0 Å². The number of hydrogen-bond acceptors (Lipinski definition) is 2. The fourth-order valence-corrected chi connectivity index (χ4v) is 1.72. The Labute approximate surface area is 108 Å². The quantitative estimate of drug-likeness (QED) is 0.835. The van der Waals surface area contributed by atoms with E-state index in [4.69, 9.17) is 18.0 Å². The molecule has 0 atom stereocenters. The van der Waals surface area contributed by atoms with Crippen LogP contribution in [0.5, 0.6) is 0 Å². The average Bonchev–Trinajstić information content (AvgIpc) is 2.31. The second-order valence-corrected chi connectivity index (χ2v) is 4.13. The first-order valence-corrected chi connectivity index (χ1v) is 5.59. The Bertz CT molecular complexity index is 599. The molecule has 3 N–H and O–H groups in total. The zero-order chi connectivity index (χ0) is 13.1. The van der Waals surface area contributed by atoms with Crippen LogP contribution >= 0.6 is 12.2 Å². The Morgan fingerprint density at radius 1 is 1.06 bits per heavy atom. The molecule has 2 rings (SSSR count). The van der Waals surface area contributed by atoms with E-state index in [1.54, 1.807) is 12.1 Å². The smallest absolute Gasteiger partial charge is 0.125 e. The first-order chi connectivity index (χ1) is 8.56. The number of thiocarbonyl (C=S) groups is 1. The van der Waals surface area contributed by atoms with E-state index >= 15 is 0 Å². The molecule has 0 radical (unpaired) electrons. The second-order valence-electron chi connectivity index (χ2n) is 3.69. The van der Waals surface area contributed by atoms with Gasteiger partial charge in [0.05, 0.1) is 0 Å². The summed E-state index contributed by atoms with van der Waals surface area (Å²) >= 11 is 4.85. The van der Waals surface area contributed by atoms with Crippen LogP contribution in [0.1, 0.15) is 5.56 Å². The summed E-state index contributed by atoms with van der Waals surface area (Å²) < 4.78 is 26.2. The molecule has 0 spiro atoms. The lowest BCUT2D eigenvalue weighted by molar-refractivity contribution is 0.627. The minimum absolute atomic E-state index is 0.0772. The Kier molecular flexibility index (Phi) is 3.53. The maximum atomic E-state index is 13.1. The van der Waals surface area contributed by atoms with Crippen molar-refractivity contribution in [3.8, 4) is 0 Å². The van der Waals surface area contributed by atoms with Crippen LogP contribution in [0.4, 0.5) is 20.2 Å². The average molecular weight is 264 g/mol. The summed E-state index contributed by atoms with van der Waals surface area (Å²) in [6.07, 6.45) is 0. The number of anilines is 2. The van der Waals surface area contributed by atoms with Gasteiger partial charge < -0.3 is 11.1 Å². The largest absolute Gasteiger partial charge is 0.389 e. The van der Waals surface area contributed by atoms with Gasteiger partial charge in [0.25, 0.3) is 0 Å². The van der Waals surface area contributed by atoms with Crippen molar-refractivity contribution in [2.45, 2.75) is 0 Å². The van der Waals surface area contributed by atoms with Gasteiger partial charge in [0, 0.05) is 16.9 Å². The normalized spacial score (nSPS) is 10.1. The van der Waals surface area contributed by atoms with E-state index in [2.05, 4.69) is 5.32 Å². The van der Waals surface area contributed by atoms with E-state index in [9.17, 15) is 8.78 Å². The molecular formula is C13H10F2N2S. The Hall–Kier alpha value is -2.01. The van der Waals surface area contributed by atoms with Gasteiger partial charge >= 0.3 is 0 Å². The third kappa shape index (κ3) is 2.81. The number of halogens is 2. The maximum Gasteiger partial charge on any atom is 0.125 e. The number of rotatable bonds is 3. The molecule has 0 amide bonds. The molecule has 5 heteroatoms. The third-order valence-electron chi connectivity index (χ3n) is 2.35. The van der Waals surface area contributed by atoms with Gasteiger partial charge in [-0.05, 0) is 36.4 Å². The predicted molar refractivity (Wildman–Crippen MR) is 72.0 cm³/mol. The molecule has 0 aromatic heterocycles. The molecule has 2 nitrogen and oxygen atoms in total. The molecular weight excluding hydrogens is 254 g/mol. The first kappa shape index (κ1) is 12.4. The van der Waals surface area contributed by atoms with Crippen LogP contribution in [0.3, 0.4) is 0 Å². The molecule has 18 heavy (non-hydrogen) atoms. The molecule has 0 aliphatic rings. The number of benzene rings is 2. The van der Waals surface area contributed by atoms with Crippen molar-refractivity contribution in [2.75, 3.05) is 5.32 Å². The van der Waals surface area contributed by atoms with Gasteiger partial charge in [-0.1, -0.05) is 18.3 Å². The monoisotopic (exact) mass is 264 g/mol. The van der Waals surface area contributed by atoms with E-state index in [1.165, 1.54) is 30.3 Å². The lowest BCUT2D eigenvalue weighted by atomic mass is 10.1. The molecule has 0 saturated carbocycles. The van der Waals surface area contributed by atoms with Gasteiger partial charge in [-0.25, -0.2) is 8.78 Å². The number of nitrogens with two attached hydrogens (primary N) is 1. The van der Waals surface area contributed by atoms with Crippen molar-refractivity contribution in [3.63, 3.8) is 0 Å². The van der Waals surface area contributed by atoms with Crippen molar-refractivity contribution in [3.05, 3.63) is 59.7 Å². The summed E-state index contributed by atoms with van der Waals surface area (Å²) in [5.41, 5.74) is 6.98. The van der Waals surface area contributed by atoms with Gasteiger partial charge in [0.2, 0.25) is 0 Å². The maximum absolute atomic E-state index is 13.1. The molecule has 0 aliphatic heterocycles. The van der Waals surface area contributed by atoms with E-state index < -0.39 is 5.82 Å². The van der Waals surface area contributed by atoms with Gasteiger partial charge in [0.1, 0.15) is 16.6 Å². The summed E-state index contributed by atoms with van der Waals surface area (Å²) in [6, 6.07) is 9.95. The second kappa shape index (κ2) is 5.10. The molecule has 0 fully saturated rings. The molecule has 0 aliphatic carbocycles. The number of nitrogens with one attached hydrogen (secondary N) is 1. The molecule has 2 aromatic rings. The van der Waals surface area contributed by atoms with Gasteiger partial charge in [-0.15, -0.1) is 0 Å². The summed E-state index contributed by atoms with van der Waals surface area (Å²) in [5.74, 6) is -0.790. The van der Waals surface area contributed by atoms with E-state index in [0.29, 0.717) is 16.9 Å². The van der Waals surface area contributed by atoms with Gasteiger partial charge in [0.15, 0.2) is 0 Å². The van der Waals surface area contributed by atoms with E-state index in [-0.39, 0.29) is 10.8 Å². The van der Waals surface area contributed by atoms with Gasteiger partial charge in [-0.2, -0.15) is 0 Å². The zero-order valence-electron chi connectivity index (χ0n) is 9.28. The molecule has 0 saturated heterocycles. The van der Waals surface area contributed by atoms with Crippen LogP contribution in [0.2, 0.25) is 0 Å². The van der Waals surface area contributed by atoms with Crippen molar-refractivity contribution < 1.29 is 8.78 Å². The van der Waals surface area contributed by atoms with Crippen LogP contribution in [0, 0.1) is 11.6 Å². The summed E-state index contributed by atoms with van der Waals surface area (Å²) in [6.45, 7) is 0. The van der Waals surface area contributed by atoms with Crippen molar-refractivity contribution in [2.24, 2.45) is 5.73 Å². The molecule has 2 aromatic carbocycles. The first-order valence-electron chi connectivity index (χ1n) is 5.18. The Morgan fingerprint density at radius 3 is 2.44 bits per heavy atom. The summed E-state index contributed by atoms with van der Waals surface area (Å²) in [5, 5.41) is 2.95. The fourth-order valence-electron chi connectivity index (χ4n) is 1.55. The predicted octanol–water partition coefficient (Wildman–Crippen LogP) is 3.34. The minimum Gasteiger partial charge on any atom is -0.389 e. The Morgan fingerprint density at radius 2 is 1.78 bits per heavy atom. The van der Waals surface area contributed by atoms with Crippen molar-refractivity contribution in [1.29, 1.82) is 0 Å². The highest BCUT2D eigenvalue weighted by atomic mass is 32.1. The van der Waals surface area contributed by atoms with E-state index in [0.717, 1.165) is 0 Å². The zero-order valence-corrected chi connectivity index (χ0v) is 10.1. The van der Waals surface area contributed by atoms with Crippen LogP contribution in [-0.2, 0) is 0 Å². The highest BCUT2D eigenvalue weighted by Crippen LogP contribution is 2.22. The molecule has 0 heterocycles. The van der Waals surface area contributed by atoms with Crippen LogP contribution in [0.15, 0.2) is 42.5 Å². The SMILES string of the molecule is NC(=S)c1cc(F)ccc1Nc1cccc(F)c1. The molecule has 92 valence electrons. The standard InChI is InChI=1S/C13H10F2N2S/c14-8-2-1-3-10(6-8)17-12-5-4-9(15)7-11(12)13(16)18/h1-7,17H,(H2,16,18). The summed E-state index contributed by atoms with van der Waals surface area (Å²) in [4.78, 5) is 0.0772. The topological polar surface area (TPSA) is 38.0 Å². The molecule has 0 unspecified atom stereocenters. The van der Waals surface area contributed by atoms with Crippen LogP contribution < -0.4 is 11.1 Å². The van der Waals surface area contributed by atoms with Gasteiger partial charge in [-0.3, -0.25) is 0 Å². The highest BCUT2D eigenvalue weighted by Gasteiger charge is 2.07. The lowest BCUT2D eigenvalue weighted by Gasteiger charge is -2.11. The third-order valence-corrected chi connectivity index (χ3v) is 2.57.